The second-order valence-electron chi connectivity index (χ2n) is 4.69. The van der Waals surface area contributed by atoms with E-state index in [2.05, 4.69) is 5.32 Å². The molecule has 0 heterocycles. The van der Waals surface area contributed by atoms with Crippen LogP contribution in [0.4, 0.5) is 5.69 Å². The summed E-state index contributed by atoms with van der Waals surface area (Å²) in [5.74, 6) is -0.290. The molecule has 0 aliphatic heterocycles. The van der Waals surface area contributed by atoms with Crippen LogP contribution in [0.15, 0.2) is 48.5 Å². The number of benzene rings is 2. The van der Waals surface area contributed by atoms with Crippen LogP contribution in [-0.4, -0.2) is 12.6 Å². The molecular weight excluding hydrogens is 286 g/mol. The first-order valence-electron chi connectivity index (χ1n) is 6.86. The molecule has 3 nitrogen and oxygen atoms in total. The SMILES string of the molecule is CCOC(=O)C(Nc1ccc(Cl)cc1)c1ccccc1C. The molecule has 1 atom stereocenters. The van der Waals surface area contributed by atoms with Gasteiger partial charge in [0, 0.05) is 10.7 Å². The number of anilines is 1. The second-order valence-corrected chi connectivity index (χ2v) is 5.13. The molecule has 2 aromatic carbocycles. The molecule has 2 aromatic rings. The number of aryl methyl sites for hydroxylation is 1. The molecule has 21 heavy (non-hydrogen) atoms. The number of ether oxygens (including phenoxy) is 1. The number of hydrogen-bond acceptors (Lipinski definition) is 3. The molecule has 1 N–H and O–H groups in total. The van der Waals surface area contributed by atoms with Gasteiger partial charge in [0.15, 0.2) is 6.04 Å². The fraction of sp³-hybridized carbons (Fsp3) is 0.235. The lowest BCUT2D eigenvalue weighted by atomic mass is 10.0. The minimum atomic E-state index is -0.535. The van der Waals surface area contributed by atoms with Crippen molar-refractivity contribution in [1.82, 2.24) is 0 Å². The Morgan fingerprint density at radius 1 is 1.19 bits per heavy atom. The smallest absolute Gasteiger partial charge is 0.333 e. The van der Waals surface area contributed by atoms with Crippen LogP contribution in [0.5, 0.6) is 0 Å². The van der Waals surface area contributed by atoms with Crippen LogP contribution in [0.1, 0.15) is 24.1 Å². The van der Waals surface area contributed by atoms with Crippen LogP contribution in [0.3, 0.4) is 0 Å². The Hall–Kier alpha value is -2.00. The molecule has 0 radical (unpaired) electrons. The topological polar surface area (TPSA) is 38.3 Å². The molecule has 0 saturated carbocycles. The predicted octanol–water partition coefficient (Wildman–Crippen LogP) is 4.36. The quantitative estimate of drug-likeness (QED) is 0.834. The van der Waals surface area contributed by atoms with Crippen LogP contribution in [0, 0.1) is 6.92 Å². The summed E-state index contributed by atoms with van der Waals surface area (Å²) in [5, 5.41) is 3.87. The Balaban J connectivity index is 2.30. The number of hydrogen-bond donors (Lipinski definition) is 1. The Morgan fingerprint density at radius 2 is 1.86 bits per heavy atom. The highest BCUT2D eigenvalue weighted by molar-refractivity contribution is 6.30. The van der Waals surface area contributed by atoms with Gasteiger partial charge in [-0.2, -0.15) is 0 Å². The molecule has 110 valence electrons. The van der Waals surface area contributed by atoms with E-state index in [9.17, 15) is 4.79 Å². The fourth-order valence-electron chi connectivity index (χ4n) is 2.11. The summed E-state index contributed by atoms with van der Waals surface area (Å²) in [5.41, 5.74) is 2.77. The highest BCUT2D eigenvalue weighted by atomic mass is 35.5. The Morgan fingerprint density at radius 3 is 2.48 bits per heavy atom. The van der Waals surface area contributed by atoms with E-state index >= 15 is 0 Å². The van der Waals surface area contributed by atoms with Crippen molar-refractivity contribution in [3.05, 3.63) is 64.7 Å². The average molecular weight is 304 g/mol. The van der Waals surface area contributed by atoms with Gasteiger partial charge in [0.2, 0.25) is 0 Å². The van der Waals surface area contributed by atoms with Crippen molar-refractivity contribution in [3.8, 4) is 0 Å². The Bertz CT molecular complexity index is 610. The third-order valence-corrected chi connectivity index (χ3v) is 3.43. The number of halogens is 1. The minimum absolute atomic E-state index is 0.290. The summed E-state index contributed by atoms with van der Waals surface area (Å²) < 4.78 is 5.18. The van der Waals surface area contributed by atoms with Crippen molar-refractivity contribution >= 4 is 23.3 Å². The highest BCUT2D eigenvalue weighted by Crippen LogP contribution is 2.24. The van der Waals surface area contributed by atoms with Crippen LogP contribution < -0.4 is 5.32 Å². The number of esters is 1. The van der Waals surface area contributed by atoms with E-state index in [1.165, 1.54) is 0 Å². The molecule has 0 bridgehead atoms. The Labute approximate surface area is 129 Å². The summed E-state index contributed by atoms with van der Waals surface area (Å²) in [4.78, 5) is 12.3. The molecule has 4 heteroatoms. The fourth-order valence-corrected chi connectivity index (χ4v) is 2.24. The third kappa shape index (κ3) is 3.99. The molecule has 0 fully saturated rings. The lowest BCUT2D eigenvalue weighted by Gasteiger charge is -2.20. The Kier molecular flexibility index (Phi) is 5.23. The van der Waals surface area contributed by atoms with Gasteiger partial charge in [0.05, 0.1) is 6.61 Å². The number of carbonyl (C=O) groups is 1. The molecule has 0 aromatic heterocycles. The second kappa shape index (κ2) is 7.14. The van der Waals surface area contributed by atoms with Crippen LogP contribution in [0.2, 0.25) is 5.02 Å². The lowest BCUT2D eigenvalue weighted by Crippen LogP contribution is -2.24. The van der Waals surface area contributed by atoms with E-state index in [1.54, 1.807) is 19.1 Å². The van der Waals surface area contributed by atoms with Gasteiger partial charge < -0.3 is 10.1 Å². The van der Waals surface area contributed by atoms with E-state index in [4.69, 9.17) is 16.3 Å². The van der Waals surface area contributed by atoms with Crippen LogP contribution >= 0.6 is 11.6 Å². The average Bonchev–Trinajstić information content (AvgIpc) is 2.48. The zero-order chi connectivity index (χ0) is 15.2. The van der Waals surface area contributed by atoms with Crippen LogP contribution in [-0.2, 0) is 9.53 Å². The van der Waals surface area contributed by atoms with E-state index in [0.29, 0.717) is 11.6 Å². The monoisotopic (exact) mass is 303 g/mol. The van der Waals surface area contributed by atoms with Crippen molar-refractivity contribution in [2.75, 3.05) is 11.9 Å². The van der Waals surface area contributed by atoms with Crippen molar-refractivity contribution < 1.29 is 9.53 Å². The zero-order valence-corrected chi connectivity index (χ0v) is 12.9. The van der Waals surface area contributed by atoms with Gasteiger partial charge >= 0.3 is 5.97 Å². The maximum atomic E-state index is 12.3. The van der Waals surface area contributed by atoms with Crippen molar-refractivity contribution in [2.24, 2.45) is 0 Å². The molecule has 0 amide bonds. The van der Waals surface area contributed by atoms with Crippen molar-refractivity contribution in [1.29, 1.82) is 0 Å². The first-order valence-corrected chi connectivity index (χ1v) is 7.24. The van der Waals surface area contributed by atoms with E-state index in [1.807, 2.05) is 43.3 Å². The highest BCUT2D eigenvalue weighted by Gasteiger charge is 2.23. The van der Waals surface area contributed by atoms with E-state index < -0.39 is 6.04 Å². The van der Waals surface area contributed by atoms with Gasteiger partial charge in [-0.3, -0.25) is 0 Å². The minimum Gasteiger partial charge on any atom is -0.464 e. The normalized spacial score (nSPS) is 11.8. The van der Waals surface area contributed by atoms with Gasteiger partial charge in [-0.05, 0) is 49.2 Å². The summed E-state index contributed by atoms with van der Waals surface area (Å²) in [7, 11) is 0. The molecular formula is C17H18ClNO2. The molecule has 0 aliphatic rings. The van der Waals surface area contributed by atoms with Gasteiger partial charge in [0.1, 0.15) is 0 Å². The molecule has 0 aliphatic carbocycles. The molecule has 2 rings (SSSR count). The zero-order valence-electron chi connectivity index (χ0n) is 12.1. The lowest BCUT2D eigenvalue weighted by molar-refractivity contribution is -0.144. The van der Waals surface area contributed by atoms with Crippen molar-refractivity contribution in [3.63, 3.8) is 0 Å². The first kappa shape index (κ1) is 15.4. The number of rotatable bonds is 5. The molecule has 0 spiro atoms. The van der Waals surface area contributed by atoms with E-state index in [-0.39, 0.29) is 5.97 Å². The summed E-state index contributed by atoms with van der Waals surface area (Å²) in [6.45, 7) is 4.13. The van der Waals surface area contributed by atoms with E-state index in [0.717, 1.165) is 16.8 Å². The van der Waals surface area contributed by atoms with Gasteiger partial charge in [-0.25, -0.2) is 4.79 Å². The predicted molar refractivity (Wildman–Crippen MR) is 85.6 cm³/mol. The van der Waals surface area contributed by atoms with Crippen molar-refractivity contribution in [2.45, 2.75) is 19.9 Å². The third-order valence-electron chi connectivity index (χ3n) is 3.18. The maximum absolute atomic E-state index is 12.3. The maximum Gasteiger partial charge on any atom is 0.333 e. The summed E-state index contributed by atoms with van der Waals surface area (Å²) in [6.07, 6.45) is 0. The van der Waals surface area contributed by atoms with Gasteiger partial charge in [-0.15, -0.1) is 0 Å². The van der Waals surface area contributed by atoms with Crippen LogP contribution in [0.25, 0.3) is 0 Å². The standard InChI is InChI=1S/C17H18ClNO2/c1-3-21-17(20)16(15-7-5-4-6-12(15)2)19-14-10-8-13(18)9-11-14/h4-11,16,19H,3H2,1-2H3. The van der Waals surface area contributed by atoms with Gasteiger partial charge in [-0.1, -0.05) is 35.9 Å². The summed E-state index contributed by atoms with van der Waals surface area (Å²) >= 11 is 5.88. The molecule has 1 unspecified atom stereocenters. The first-order chi connectivity index (χ1) is 10.1. The number of nitrogens with one attached hydrogen (secondary N) is 1. The molecule has 0 saturated heterocycles. The number of carbonyl (C=O) groups excluding carboxylic acids is 1. The largest absolute Gasteiger partial charge is 0.464 e. The summed E-state index contributed by atoms with van der Waals surface area (Å²) in [6, 6.07) is 14.5. The van der Waals surface area contributed by atoms with Gasteiger partial charge in [0.25, 0.3) is 0 Å².